The van der Waals surface area contributed by atoms with E-state index in [4.69, 9.17) is 5.11 Å². The van der Waals surface area contributed by atoms with Crippen molar-refractivity contribution in [2.24, 2.45) is 0 Å². The van der Waals surface area contributed by atoms with E-state index < -0.39 is 5.97 Å². The molecule has 0 bridgehead atoms. The van der Waals surface area contributed by atoms with Gasteiger partial charge < -0.3 is 10.4 Å². The van der Waals surface area contributed by atoms with E-state index in [2.05, 4.69) is 12.2 Å². The fraction of sp³-hybridized carbons (Fsp3) is 0.632. The van der Waals surface area contributed by atoms with E-state index in [1.165, 1.54) is 57.8 Å². The summed E-state index contributed by atoms with van der Waals surface area (Å²) in [6.45, 7) is 2.26. The lowest BCUT2D eigenvalue weighted by Gasteiger charge is -2.10. The normalized spacial score (nSPS) is 15.6. The molecule has 1 aromatic rings. The lowest BCUT2D eigenvalue weighted by atomic mass is 10.0. The largest absolute Gasteiger partial charge is 0.478 e. The average molecular weight is 340 g/mol. The zero-order chi connectivity index (χ0) is 15.8. The first-order valence-corrected chi connectivity index (χ1v) is 8.83. The number of rotatable bonds is 10. The summed E-state index contributed by atoms with van der Waals surface area (Å²) < 4.78 is 0. The molecule has 130 valence electrons. The van der Waals surface area contributed by atoms with Crippen LogP contribution in [0, 0.1) is 0 Å². The van der Waals surface area contributed by atoms with Gasteiger partial charge in [-0.05, 0) is 36.6 Å². The highest BCUT2D eigenvalue weighted by Crippen LogP contribution is 2.29. The third-order valence-corrected chi connectivity index (χ3v) is 4.58. The van der Waals surface area contributed by atoms with Gasteiger partial charge in [0.15, 0.2) is 0 Å². The van der Waals surface area contributed by atoms with Gasteiger partial charge in [-0.3, -0.25) is 0 Å². The number of anilines is 1. The summed E-state index contributed by atoms with van der Waals surface area (Å²) in [5, 5.41) is 12.6. The van der Waals surface area contributed by atoms with Crippen molar-refractivity contribution in [3.63, 3.8) is 0 Å². The van der Waals surface area contributed by atoms with Crippen LogP contribution in [-0.4, -0.2) is 17.1 Å². The minimum absolute atomic E-state index is 0. The summed E-state index contributed by atoms with van der Waals surface area (Å²) in [6, 6.07) is 5.90. The number of carbonyl (C=O) groups is 1. The third kappa shape index (κ3) is 6.42. The second kappa shape index (κ2) is 10.5. The van der Waals surface area contributed by atoms with Gasteiger partial charge >= 0.3 is 5.97 Å². The van der Waals surface area contributed by atoms with Gasteiger partial charge in [0.05, 0.1) is 5.56 Å². The molecule has 4 heteroatoms. The molecule has 1 aliphatic rings. The number of fused-ring (bicyclic) bond motifs is 1. The molecule has 0 spiro atoms. The highest BCUT2D eigenvalue weighted by molar-refractivity contribution is 5.88. The maximum absolute atomic E-state index is 11.0. The molecule has 0 aliphatic carbocycles. The molecule has 0 saturated carbocycles. The molecule has 1 heterocycles. The zero-order valence-electron chi connectivity index (χ0n) is 14.1. The van der Waals surface area contributed by atoms with E-state index in [1.807, 2.05) is 12.1 Å². The highest BCUT2D eigenvalue weighted by Gasteiger charge is 2.21. The van der Waals surface area contributed by atoms with E-state index in [9.17, 15) is 4.79 Å². The van der Waals surface area contributed by atoms with Gasteiger partial charge in [-0.1, -0.05) is 58.3 Å². The second-order valence-electron chi connectivity index (χ2n) is 6.49. The van der Waals surface area contributed by atoms with E-state index in [1.54, 1.807) is 6.07 Å². The summed E-state index contributed by atoms with van der Waals surface area (Å²) >= 11 is 0. The van der Waals surface area contributed by atoms with Crippen molar-refractivity contribution >= 4 is 24.1 Å². The van der Waals surface area contributed by atoms with Crippen molar-refractivity contribution < 1.29 is 9.90 Å². The van der Waals surface area contributed by atoms with Crippen LogP contribution in [-0.2, 0) is 6.42 Å². The molecule has 0 amide bonds. The Labute approximate surface area is 146 Å². The Morgan fingerprint density at radius 3 is 2.43 bits per heavy atom. The summed E-state index contributed by atoms with van der Waals surface area (Å²) in [5.74, 6) is -0.839. The highest BCUT2D eigenvalue weighted by atomic mass is 35.5. The lowest BCUT2D eigenvalue weighted by Crippen LogP contribution is -2.14. The Bertz CT molecular complexity index is 490. The predicted molar refractivity (Wildman–Crippen MR) is 99.0 cm³/mol. The molecule has 1 aromatic carbocycles. The Kier molecular flexibility index (Phi) is 9.08. The van der Waals surface area contributed by atoms with Gasteiger partial charge in [-0.25, -0.2) is 4.79 Å². The van der Waals surface area contributed by atoms with Crippen LogP contribution in [0.1, 0.15) is 80.6 Å². The Morgan fingerprint density at radius 2 is 1.78 bits per heavy atom. The monoisotopic (exact) mass is 339 g/mol. The molecule has 2 N–H and O–H groups in total. The summed E-state index contributed by atoms with van der Waals surface area (Å²) in [4.78, 5) is 11.0. The topological polar surface area (TPSA) is 49.3 Å². The van der Waals surface area contributed by atoms with Crippen molar-refractivity contribution in [1.29, 1.82) is 0 Å². The summed E-state index contributed by atoms with van der Waals surface area (Å²) in [5.41, 5.74) is 2.67. The first-order valence-electron chi connectivity index (χ1n) is 8.83. The molecular weight excluding hydrogens is 310 g/mol. The Hall–Kier alpha value is -1.22. The molecular formula is C19H30ClNO2. The Morgan fingerprint density at radius 1 is 1.13 bits per heavy atom. The number of hydrogen-bond donors (Lipinski definition) is 2. The van der Waals surface area contributed by atoms with Crippen molar-refractivity contribution in [2.45, 2.75) is 77.2 Å². The van der Waals surface area contributed by atoms with E-state index in [0.717, 1.165) is 17.7 Å². The van der Waals surface area contributed by atoms with Crippen LogP contribution in [0.4, 0.5) is 5.69 Å². The molecule has 2 rings (SSSR count). The average Bonchev–Trinajstić information content (AvgIpc) is 2.91. The van der Waals surface area contributed by atoms with Crippen LogP contribution >= 0.6 is 12.4 Å². The maximum atomic E-state index is 11.0. The fourth-order valence-electron chi connectivity index (χ4n) is 3.27. The van der Waals surface area contributed by atoms with Gasteiger partial charge in [0.25, 0.3) is 0 Å². The molecule has 3 nitrogen and oxygen atoms in total. The molecule has 0 aromatic heterocycles. The van der Waals surface area contributed by atoms with Crippen LogP contribution < -0.4 is 5.32 Å². The summed E-state index contributed by atoms with van der Waals surface area (Å²) in [6.07, 6.45) is 12.9. The van der Waals surface area contributed by atoms with Crippen LogP contribution in [0.15, 0.2) is 18.2 Å². The molecule has 0 saturated heterocycles. The zero-order valence-corrected chi connectivity index (χ0v) is 15.0. The van der Waals surface area contributed by atoms with Crippen molar-refractivity contribution in [3.05, 3.63) is 29.3 Å². The van der Waals surface area contributed by atoms with Crippen molar-refractivity contribution in [2.75, 3.05) is 5.32 Å². The molecule has 23 heavy (non-hydrogen) atoms. The summed E-state index contributed by atoms with van der Waals surface area (Å²) in [7, 11) is 0. The third-order valence-electron chi connectivity index (χ3n) is 4.58. The Balaban J connectivity index is 0.00000264. The van der Waals surface area contributed by atoms with Gasteiger partial charge in [-0.15, -0.1) is 12.4 Å². The van der Waals surface area contributed by atoms with Crippen LogP contribution in [0.2, 0.25) is 0 Å². The molecule has 1 atom stereocenters. The number of unbranched alkanes of at least 4 members (excludes halogenated alkanes) is 7. The SMILES string of the molecule is CCCCCCCCCC[C@H]1Cc2cc(C(=O)O)ccc2N1.Cl. The first kappa shape index (κ1) is 19.8. The molecule has 1 aliphatic heterocycles. The molecule has 0 unspecified atom stereocenters. The minimum Gasteiger partial charge on any atom is -0.478 e. The number of benzene rings is 1. The smallest absolute Gasteiger partial charge is 0.335 e. The van der Waals surface area contributed by atoms with E-state index in [0.29, 0.717) is 11.6 Å². The fourth-order valence-corrected chi connectivity index (χ4v) is 3.27. The van der Waals surface area contributed by atoms with Crippen molar-refractivity contribution in [1.82, 2.24) is 0 Å². The maximum Gasteiger partial charge on any atom is 0.335 e. The standard InChI is InChI=1S/C19H29NO2.ClH/c1-2-3-4-5-6-7-8-9-10-17-14-16-13-15(19(21)22)11-12-18(16)20-17;/h11-13,17,20H,2-10,14H2,1H3,(H,21,22);1H/t17-;/m0./s1. The number of carboxylic acid groups (broad SMARTS) is 1. The predicted octanol–water partition coefficient (Wildman–Crippen LogP) is 5.67. The lowest BCUT2D eigenvalue weighted by molar-refractivity contribution is 0.0697. The number of nitrogens with one attached hydrogen (secondary N) is 1. The van der Waals surface area contributed by atoms with Crippen molar-refractivity contribution in [3.8, 4) is 0 Å². The molecule has 0 fully saturated rings. The van der Waals surface area contributed by atoms with Crippen LogP contribution in [0.5, 0.6) is 0 Å². The van der Waals surface area contributed by atoms with Crippen LogP contribution in [0.3, 0.4) is 0 Å². The number of halogens is 1. The van der Waals surface area contributed by atoms with Gasteiger partial charge in [0, 0.05) is 11.7 Å². The van der Waals surface area contributed by atoms with E-state index in [-0.39, 0.29) is 12.4 Å². The second-order valence-corrected chi connectivity index (χ2v) is 6.49. The molecule has 0 radical (unpaired) electrons. The number of aromatic carboxylic acids is 1. The minimum atomic E-state index is -0.839. The van der Waals surface area contributed by atoms with Gasteiger partial charge in [0.1, 0.15) is 0 Å². The van der Waals surface area contributed by atoms with Gasteiger partial charge in [0.2, 0.25) is 0 Å². The van der Waals surface area contributed by atoms with E-state index >= 15 is 0 Å². The number of carboxylic acids is 1. The first-order chi connectivity index (χ1) is 10.7. The number of hydrogen-bond acceptors (Lipinski definition) is 2. The van der Waals surface area contributed by atoms with Gasteiger partial charge in [-0.2, -0.15) is 0 Å². The van der Waals surface area contributed by atoms with Crippen LogP contribution in [0.25, 0.3) is 0 Å². The quantitative estimate of drug-likeness (QED) is 0.539.